The van der Waals surface area contributed by atoms with E-state index in [0.29, 0.717) is 11.5 Å². The van der Waals surface area contributed by atoms with E-state index in [0.717, 1.165) is 31.7 Å². The molecule has 0 unspecified atom stereocenters. The molecule has 1 saturated carbocycles. The number of ether oxygens (including phenoxy) is 2. The first-order valence-corrected chi connectivity index (χ1v) is 10.1. The zero-order valence-corrected chi connectivity index (χ0v) is 15.5. The highest BCUT2D eigenvalue weighted by molar-refractivity contribution is 7.92. The van der Waals surface area contributed by atoms with Crippen LogP contribution in [0.1, 0.15) is 25.7 Å². The van der Waals surface area contributed by atoms with Gasteiger partial charge in [-0.05, 0) is 37.1 Å². The number of rotatable bonds is 4. The van der Waals surface area contributed by atoms with Gasteiger partial charge in [0, 0.05) is 25.0 Å². The molecule has 1 spiro atoms. The Kier molecular flexibility index (Phi) is 4.15. The van der Waals surface area contributed by atoms with Crippen LogP contribution in [0.5, 0.6) is 11.5 Å². The van der Waals surface area contributed by atoms with Crippen molar-refractivity contribution in [3.8, 4) is 11.5 Å². The summed E-state index contributed by atoms with van der Waals surface area (Å²) in [6.45, 7) is 0. The van der Waals surface area contributed by atoms with E-state index in [-0.39, 0.29) is 15.6 Å². The summed E-state index contributed by atoms with van der Waals surface area (Å²) in [4.78, 5) is 9.99. The van der Waals surface area contributed by atoms with Gasteiger partial charge < -0.3 is 9.47 Å². The quantitative estimate of drug-likeness (QED) is 0.600. The zero-order valence-electron chi connectivity index (χ0n) is 14.0. The second-order valence-electron chi connectivity index (χ2n) is 6.46. The maximum absolute atomic E-state index is 12.6. The number of anilines is 1. The lowest BCUT2D eigenvalue weighted by molar-refractivity contribution is -0.384. The molecule has 0 aromatic heterocycles. The lowest BCUT2D eigenvalue weighted by Gasteiger charge is -2.21. The van der Waals surface area contributed by atoms with E-state index in [2.05, 4.69) is 4.72 Å². The summed E-state index contributed by atoms with van der Waals surface area (Å²) in [6, 6.07) is 8.05. The monoisotopic (exact) mass is 410 g/mol. The van der Waals surface area contributed by atoms with Crippen LogP contribution in [-0.2, 0) is 10.0 Å². The van der Waals surface area contributed by atoms with Crippen molar-refractivity contribution in [1.82, 2.24) is 0 Å². The molecule has 27 heavy (non-hydrogen) atoms. The van der Waals surface area contributed by atoms with E-state index in [1.165, 1.54) is 12.1 Å². The summed E-state index contributed by atoms with van der Waals surface area (Å²) in [5.41, 5.74) is -0.210. The van der Waals surface area contributed by atoms with Gasteiger partial charge in [0.05, 0.1) is 15.5 Å². The number of nitro benzene ring substituents is 1. The third-order valence-electron chi connectivity index (χ3n) is 4.58. The maximum atomic E-state index is 12.6. The predicted molar refractivity (Wildman–Crippen MR) is 97.8 cm³/mol. The Labute approximate surface area is 160 Å². The van der Waals surface area contributed by atoms with Crippen molar-refractivity contribution in [3.63, 3.8) is 0 Å². The van der Waals surface area contributed by atoms with Crippen LogP contribution in [-0.4, -0.2) is 19.1 Å². The fraction of sp³-hybridized carbons (Fsp3) is 0.294. The average molecular weight is 411 g/mol. The molecule has 2 aromatic rings. The fourth-order valence-corrected chi connectivity index (χ4v) is 4.54. The Balaban J connectivity index is 1.60. The van der Waals surface area contributed by atoms with E-state index in [1.54, 1.807) is 18.2 Å². The Morgan fingerprint density at radius 1 is 1.07 bits per heavy atom. The number of nitrogens with zero attached hydrogens (tertiary/aromatic N) is 1. The summed E-state index contributed by atoms with van der Waals surface area (Å²) in [5, 5.41) is 10.9. The third kappa shape index (κ3) is 3.28. The van der Waals surface area contributed by atoms with Gasteiger partial charge in [-0.3, -0.25) is 14.8 Å². The topological polar surface area (TPSA) is 108 Å². The van der Waals surface area contributed by atoms with Gasteiger partial charge in [-0.15, -0.1) is 0 Å². The number of nitrogens with one attached hydrogen (secondary N) is 1. The van der Waals surface area contributed by atoms with Crippen molar-refractivity contribution >= 4 is 33.0 Å². The van der Waals surface area contributed by atoms with Gasteiger partial charge in [-0.1, -0.05) is 11.6 Å². The summed E-state index contributed by atoms with van der Waals surface area (Å²) in [6.07, 6.45) is 3.61. The van der Waals surface area contributed by atoms with Crippen molar-refractivity contribution in [2.75, 3.05) is 4.72 Å². The first-order valence-electron chi connectivity index (χ1n) is 8.27. The second kappa shape index (κ2) is 6.28. The molecule has 0 amide bonds. The number of fused-ring (bicyclic) bond motifs is 1. The van der Waals surface area contributed by atoms with E-state index in [1.807, 2.05) is 0 Å². The van der Waals surface area contributed by atoms with Crippen LogP contribution in [0.4, 0.5) is 11.4 Å². The molecule has 4 rings (SSSR count). The van der Waals surface area contributed by atoms with Crippen LogP contribution in [0, 0.1) is 10.1 Å². The van der Waals surface area contributed by atoms with Crippen molar-refractivity contribution in [1.29, 1.82) is 0 Å². The molecule has 2 aliphatic rings. The Morgan fingerprint density at radius 2 is 1.78 bits per heavy atom. The number of benzene rings is 2. The molecule has 0 radical (unpaired) electrons. The van der Waals surface area contributed by atoms with Crippen LogP contribution < -0.4 is 14.2 Å². The van der Waals surface area contributed by atoms with Crippen LogP contribution in [0.25, 0.3) is 0 Å². The molecule has 10 heteroatoms. The Bertz CT molecular complexity index is 1030. The van der Waals surface area contributed by atoms with E-state index < -0.39 is 26.4 Å². The molecule has 1 heterocycles. The second-order valence-corrected chi connectivity index (χ2v) is 8.55. The largest absolute Gasteiger partial charge is 0.448 e. The molecule has 8 nitrogen and oxygen atoms in total. The summed E-state index contributed by atoms with van der Waals surface area (Å²) in [7, 11) is -4.04. The van der Waals surface area contributed by atoms with Crippen molar-refractivity contribution in [2.24, 2.45) is 0 Å². The van der Waals surface area contributed by atoms with Crippen molar-refractivity contribution < 1.29 is 22.8 Å². The Morgan fingerprint density at radius 3 is 2.48 bits per heavy atom. The van der Waals surface area contributed by atoms with Crippen LogP contribution >= 0.6 is 11.6 Å². The molecule has 1 aliphatic heterocycles. The number of hydrogen-bond donors (Lipinski definition) is 1. The van der Waals surface area contributed by atoms with Crippen LogP contribution in [0.2, 0.25) is 5.02 Å². The number of hydrogen-bond acceptors (Lipinski definition) is 6. The molecule has 0 bridgehead atoms. The number of sulfonamides is 1. The highest BCUT2D eigenvalue weighted by atomic mass is 35.5. The normalized spacial score (nSPS) is 17.2. The molecular formula is C17H15ClN2O6S. The number of halogens is 1. The third-order valence-corrected chi connectivity index (χ3v) is 6.28. The fourth-order valence-electron chi connectivity index (χ4n) is 3.29. The molecule has 1 fully saturated rings. The minimum absolute atomic E-state index is 0.135. The van der Waals surface area contributed by atoms with Gasteiger partial charge in [0.25, 0.3) is 21.5 Å². The molecule has 0 atom stereocenters. The number of nitro groups is 1. The minimum Gasteiger partial charge on any atom is -0.448 e. The van der Waals surface area contributed by atoms with Crippen molar-refractivity contribution in [3.05, 3.63) is 51.5 Å². The van der Waals surface area contributed by atoms with Gasteiger partial charge in [-0.25, -0.2) is 8.42 Å². The van der Waals surface area contributed by atoms with Gasteiger partial charge in [0.2, 0.25) is 0 Å². The van der Waals surface area contributed by atoms with E-state index in [4.69, 9.17) is 21.1 Å². The zero-order chi connectivity index (χ0) is 19.2. The first kappa shape index (κ1) is 17.9. The summed E-state index contributed by atoms with van der Waals surface area (Å²) in [5.74, 6) is 0.401. The highest BCUT2D eigenvalue weighted by Crippen LogP contribution is 2.47. The Hall–Kier alpha value is -2.52. The lowest BCUT2D eigenvalue weighted by atomic mass is 10.2. The first-order chi connectivity index (χ1) is 12.8. The molecule has 2 aromatic carbocycles. The van der Waals surface area contributed by atoms with E-state index in [9.17, 15) is 18.5 Å². The smallest absolute Gasteiger partial charge is 0.289 e. The molecule has 1 N–H and O–H groups in total. The predicted octanol–water partition coefficient (Wildman–Crippen LogP) is 4.09. The highest BCUT2D eigenvalue weighted by Gasteiger charge is 2.44. The average Bonchev–Trinajstić information content (AvgIpc) is 3.20. The molecular weight excluding hydrogens is 396 g/mol. The SMILES string of the molecule is O=[N+]([O-])c1cc(S(=O)(=O)Nc2ccc3c(c2)OC2(CCCC2)O3)ccc1Cl. The van der Waals surface area contributed by atoms with Crippen molar-refractivity contribution in [2.45, 2.75) is 36.4 Å². The molecule has 1 aliphatic carbocycles. The van der Waals surface area contributed by atoms with Gasteiger partial charge in [0.1, 0.15) is 5.02 Å². The minimum atomic E-state index is -4.04. The van der Waals surface area contributed by atoms with Crippen LogP contribution in [0.15, 0.2) is 41.3 Å². The van der Waals surface area contributed by atoms with Gasteiger partial charge in [0.15, 0.2) is 11.5 Å². The van der Waals surface area contributed by atoms with E-state index >= 15 is 0 Å². The summed E-state index contributed by atoms with van der Waals surface area (Å²) >= 11 is 5.74. The molecule has 142 valence electrons. The van der Waals surface area contributed by atoms with Gasteiger partial charge in [-0.2, -0.15) is 0 Å². The van der Waals surface area contributed by atoms with Gasteiger partial charge >= 0.3 is 0 Å². The summed E-state index contributed by atoms with van der Waals surface area (Å²) < 4.78 is 39.4. The van der Waals surface area contributed by atoms with Crippen LogP contribution in [0.3, 0.4) is 0 Å². The maximum Gasteiger partial charge on any atom is 0.289 e. The standard InChI is InChI=1S/C17H15ClN2O6S/c18-13-5-4-12(10-14(13)20(21)22)27(23,24)19-11-3-6-15-16(9-11)26-17(25-15)7-1-2-8-17/h3-6,9-10,19H,1-2,7-8H2. The lowest BCUT2D eigenvalue weighted by Crippen LogP contribution is -2.34. The molecule has 0 saturated heterocycles.